The van der Waals surface area contributed by atoms with Crippen LogP contribution in [0.5, 0.6) is 11.5 Å². The Labute approximate surface area is 257 Å². The Morgan fingerprint density at radius 3 is 2.45 bits per heavy atom. The molecule has 2 amide bonds. The number of aliphatic carboxylic acids is 1. The fourth-order valence-corrected chi connectivity index (χ4v) is 6.12. The molecule has 0 unspecified atom stereocenters. The van der Waals surface area contributed by atoms with Crippen LogP contribution in [-0.2, 0) is 9.59 Å². The average molecular weight is 631 g/mol. The van der Waals surface area contributed by atoms with Crippen LogP contribution in [0.15, 0.2) is 47.3 Å². The molecule has 0 aliphatic carbocycles. The lowest BCUT2D eigenvalue weighted by Gasteiger charge is -2.42. The van der Waals surface area contributed by atoms with Crippen molar-refractivity contribution in [3.05, 3.63) is 86.3 Å². The fourth-order valence-electron chi connectivity index (χ4n) is 5.89. The number of amides is 2. The number of carboxylic acid groups (broad SMARTS) is 1. The number of nitrogens with one attached hydrogen (secondary N) is 2. The van der Waals surface area contributed by atoms with Crippen molar-refractivity contribution < 1.29 is 33.0 Å². The number of rotatable bonds is 10. The fraction of sp³-hybridized carbons (Fsp3) is 0.387. The zero-order valence-corrected chi connectivity index (χ0v) is 25.4. The number of aryl methyl sites for hydroxylation is 1. The van der Waals surface area contributed by atoms with Crippen molar-refractivity contribution in [3.8, 4) is 11.5 Å². The van der Waals surface area contributed by atoms with Gasteiger partial charge < -0.3 is 20.1 Å². The molecule has 0 spiro atoms. The SMILES string of the molecule is CCC(CC)(C(=O)O)[C@H]1CC[C@@H](c2cc(F)cc(Cl)c2)N1C(=O)[C@@H](C)NC(=O)c1ccc(Oc2cc(C)n[nH]c2=O)c(F)c1. The van der Waals surface area contributed by atoms with Gasteiger partial charge in [0, 0.05) is 22.7 Å². The van der Waals surface area contributed by atoms with Gasteiger partial charge in [-0.05, 0) is 81.5 Å². The molecule has 0 radical (unpaired) electrons. The van der Waals surface area contributed by atoms with Gasteiger partial charge in [-0.25, -0.2) is 13.9 Å². The minimum Gasteiger partial charge on any atom is -0.481 e. The molecule has 0 saturated carbocycles. The average Bonchev–Trinajstić information content (AvgIpc) is 3.41. The highest BCUT2D eigenvalue weighted by molar-refractivity contribution is 6.30. The minimum absolute atomic E-state index is 0.122. The summed E-state index contributed by atoms with van der Waals surface area (Å²) < 4.78 is 34.6. The maximum Gasteiger partial charge on any atom is 0.311 e. The van der Waals surface area contributed by atoms with Gasteiger partial charge in [0.05, 0.1) is 17.2 Å². The molecule has 10 nitrogen and oxygen atoms in total. The number of aromatic amines is 1. The Morgan fingerprint density at radius 1 is 1.14 bits per heavy atom. The summed E-state index contributed by atoms with van der Waals surface area (Å²) in [7, 11) is 0. The second-order valence-electron chi connectivity index (χ2n) is 10.9. The maximum absolute atomic E-state index is 14.9. The van der Waals surface area contributed by atoms with Crippen molar-refractivity contribution in [1.29, 1.82) is 0 Å². The van der Waals surface area contributed by atoms with Crippen LogP contribution in [0.1, 0.15) is 74.1 Å². The van der Waals surface area contributed by atoms with Crippen LogP contribution in [0.3, 0.4) is 0 Å². The zero-order chi connectivity index (χ0) is 32.3. The van der Waals surface area contributed by atoms with E-state index in [1.807, 2.05) is 0 Å². The van der Waals surface area contributed by atoms with Gasteiger partial charge in [-0.2, -0.15) is 5.10 Å². The first-order chi connectivity index (χ1) is 20.8. The van der Waals surface area contributed by atoms with Crippen LogP contribution in [0, 0.1) is 24.0 Å². The lowest BCUT2D eigenvalue weighted by molar-refractivity contribution is -0.157. The first kappa shape index (κ1) is 32.6. The van der Waals surface area contributed by atoms with Crippen LogP contribution in [-0.4, -0.2) is 50.1 Å². The number of aromatic nitrogens is 2. The summed E-state index contributed by atoms with van der Waals surface area (Å²) in [6.45, 7) is 6.54. The number of nitrogens with zero attached hydrogens (tertiary/aromatic N) is 2. The normalized spacial score (nSPS) is 17.3. The van der Waals surface area contributed by atoms with E-state index >= 15 is 0 Å². The Kier molecular flexibility index (Phi) is 9.72. The summed E-state index contributed by atoms with van der Waals surface area (Å²) in [5, 5.41) is 18.9. The van der Waals surface area contributed by atoms with E-state index in [-0.39, 0.29) is 34.9 Å². The largest absolute Gasteiger partial charge is 0.481 e. The van der Waals surface area contributed by atoms with E-state index in [1.165, 1.54) is 42.2 Å². The minimum atomic E-state index is -1.28. The molecule has 44 heavy (non-hydrogen) atoms. The smallest absolute Gasteiger partial charge is 0.311 e. The third kappa shape index (κ3) is 6.45. The van der Waals surface area contributed by atoms with Gasteiger partial charge in [-0.1, -0.05) is 25.4 Å². The molecular formula is C31H33ClF2N4O6. The van der Waals surface area contributed by atoms with Gasteiger partial charge in [0.25, 0.3) is 5.91 Å². The van der Waals surface area contributed by atoms with E-state index in [1.54, 1.807) is 20.8 Å². The molecule has 2 aromatic carbocycles. The van der Waals surface area contributed by atoms with Crippen molar-refractivity contribution in [2.24, 2.45) is 5.41 Å². The number of halogens is 3. The zero-order valence-electron chi connectivity index (χ0n) is 24.6. The van der Waals surface area contributed by atoms with E-state index in [0.717, 1.165) is 12.1 Å². The van der Waals surface area contributed by atoms with Crippen LogP contribution < -0.4 is 15.6 Å². The van der Waals surface area contributed by atoms with Crippen LogP contribution in [0.2, 0.25) is 5.02 Å². The number of ether oxygens (including phenoxy) is 1. The lowest BCUT2D eigenvalue weighted by Crippen LogP contribution is -2.55. The Balaban J connectivity index is 1.60. The summed E-state index contributed by atoms with van der Waals surface area (Å²) in [4.78, 5) is 53.1. The van der Waals surface area contributed by atoms with Crippen molar-refractivity contribution in [2.45, 2.75) is 71.5 Å². The summed E-state index contributed by atoms with van der Waals surface area (Å²) in [5.41, 5.74) is -1.21. The number of carbonyl (C=O) groups is 3. The van der Waals surface area contributed by atoms with E-state index in [9.17, 15) is 33.1 Å². The Hall–Kier alpha value is -4.32. The predicted molar refractivity (Wildman–Crippen MR) is 158 cm³/mol. The van der Waals surface area contributed by atoms with Crippen LogP contribution >= 0.6 is 11.6 Å². The van der Waals surface area contributed by atoms with Crippen LogP contribution in [0.4, 0.5) is 8.78 Å². The molecule has 1 fully saturated rings. The number of H-pyrrole nitrogens is 1. The molecule has 1 saturated heterocycles. The number of benzene rings is 2. The van der Waals surface area contributed by atoms with Gasteiger partial charge >= 0.3 is 11.5 Å². The summed E-state index contributed by atoms with van der Waals surface area (Å²) in [5.74, 6) is -4.41. The topological polar surface area (TPSA) is 142 Å². The summed E-state index contributed by atoms with van der Waals surface area (Å²) in [6, 6.07) is 6.02. The first-order valence-corrected chi connectivity index (χ1v) is 14.5. The predicted octanol–water partition coefficient (Wildman–Crippen LogP) is 5.54. The molecule has 234 valence electrons. The summed E-state index contributed by atoms with van der Waals surface area (Å²) >= 11 is 6.12. The first-order valence-electron chi connectivity index (χ1n) is 14.2. The molecule has 3 atom stereocenters. The summed E-state index contributed by atoms with van der Waals surface area (Å²) in [6.07, 6.45) is 1.18. The number of carboxylic acids is 1. The Morgan fingerprint density at radius 2 is 1.84 bits per heavy atom. The molecule has 13 heteroatoms. The molecule has 3 aromatic rings. The van der Waals surface area contributed by atoms with E-state index < -0.39 is 58.5 Å². The second-order valence-corrected chi connectivity index (χ2v) is 11.3. The Bertz CT molecular complexity index is 1620. The highest BCUT2D eigenvalue weighted by Crippen LogP contribution is 2.47. The quantitative estimate of drug-likeness (QED) is 0.267. The van der Waals surface area contributed by atoms with Crippen molar-refractivity contribution in [1.82, 2.24) is 20.4 Å². The van der Waals surface area contributed by atoms with Gasteiger partial charge in [-0.3, -0.25) is 19.2 Å². The molecule has 1 aromatic heterocycles. The molecule has 4 rings (SSSR count). The van der Waals surface area contributed by atoms with Gasteiger partial charge in [0.1, 0.15) is 11.9 Å². The molecule has 3 N–H and O–H groups in total. The molecule has 1 aliphatic heterocycles. The molecule has 0 bridgehead atoms. The van der Waals surface area contributed by atoms with Gasteiger partial charge in [-0.15, -0.1) is 0 Å². The van der Waals surface area contributed by atoms with Crippen LogP contribution in [0.25, 0.3) is 0 Å². The lowest BCUT2D eigenvalue weighted by atomic mass is 9.74. The van der Waals surface area contributed by atoms with E-state index in [0.29, 0.717) is 24.1 Å². The monoisotopic (exact) mass is 630 g/mol. The van der Waals surface area contributed by atoms with Crippen molar-refractivity contribution in [2.75, 3.05) is 0 Å². The third-order valence-corrected chi connectivity index (χ3v) is 8.48. The van der Waals surface area contributed by atoms with Crippen molar-refractivity contribution in [3.63, 3.8) is 0 Å². The molecule has 1 aliphatic rings. The molecular weight excluding hydrogens is 598 g/mol. The number of hydrogen-bond acceptors (Lipinski definition) is 6. The van der Waals surface area contributed by atoms with Crippen molar-refractivity contribution >= 4 is 29.4 Å². The second kappa shape index (κ2) is 13.1. The standard InChI is InChI=1S/C31H33ClF2N4O6/c1-5-31(6-2,30(42)43)26-10-8-23(19-12-20(32)15-21(33)13-19)38(26)29(41)17(4)35-27(39)18-7-9-24(22(34)14-18)44-25-11-16(3)36-37-28(25)40/h7,9,11-15,17,23,26H,5-6,8,10H2,1-4H3,(H,35,39)(H,37,40)(H,42,43)/t17-,23+,26-/m1/s1. The highest BCUT2D eigenvalue weighted by Gasteiger charge is 2.52. The van der Waals surface area contributed by atoms with Gasteiger partial charge in [0.2, 0.25) is 5.91 Å². The van der Waals surface area contributed by atoms with Gasteiger partial charge in [0.15, 0.2) is 17.3 Å². The number of carbonyl (C=O) groups excluding carboxylic acids is 2. The number of likely N-dealkylation sites (tertiary alicyclic amines) is 1. The number of hydrogen-bond donors (Lipinski definition) is 3. The highest BCUT2D eigenvalue weighted by atomic mass is 35.5. The molecule has 2 heterocycles. The van der Waals surface area contributed by atoms with E-state index in [4.69, 9.17) is 16.3 Å². The third-order valence-electron chi connectivity index (χ3n) is 8.26. The van der Waals surface area contributed by atoms with E-state index in [2.05, 4.69) is 15.5 Å². The maximum atomic E-state index is 14.9.